The van der Waals surface area contributed by atoms with Crippen molar-refractivity contribution in [1.29, 1.82) is 0 Å². The largest absolute Gasteiger partial charge is 0.451 e. The number of carbonyl (C=O) groups excluding carboxylic acids is 1. The Kier molecular flexibility index (Phi) is 4.65. The predicted molar refractivity (Wildman–Crippen MR) is 110 cm³/mol. The van der Waals surface area contributed by atoms with E-state index >= 15 is 0 Å². The summed E-state index contributed by atoms with van der Waals surface area (Å²) < 4.78 is 11.2. The number of aryl methyl sites for hydroxylation is 1. The lowest BCUT2D eigenvalue weighted by atomic mass is 10.1. The predicted octanol–water partition coefficient (Wildman–Crippen LogP) is 3.81. The zero-order valence-corrected chi connectivity index (χ0v) is 16.8. The van der Waals surface area contributed by atoms with Crippen LogP contribution in [0.2, 0.25) is 0 Å². The van der Waals surface area contributed by atoms with Crippen LogP contribution in [0.15, 0.2) is 50.7 Å². The SMILES string of the molecule is Cc1c(C(=O)N2CCN(Cc3nc(-c4cccs4)no3)CC2)oc2ccccc12. The van der Waals surface area contributed by atoms with E-state index in [1.807, 2.05) is 53.6 Å². The molecule has 29 heavy (non-hydrogen) atoms. The molecule has 1 aliphatic heterocycles. The van der Waals surface area contributed by atoms with Gasteiger partial charge in [0, 0.05) is 37.1 Å². The van der Waals surface area contributed by atoms with E-state index in [1.165, 1.54) is 0 Å². The van der Waals surface area contributed by atoms with Crippen molar-refractivity contribution in [3.63, 3.8) is 0 Å². The Bertz CT molecular complexity index is 1140. The third-order valence-corrected chi connectivity index (χ3v) is 6.13. The van der Waals surface area contributed by atoms with E-state index in [2.05, 4.69) is 15.0 Å². The summed E-state index contributed by atoms with van der Waals surface area (Å²) >= 11 is 1.59. The number of aromatic nitrogens is 2. The number of carbonyl (C=O) groups is 1. The Hall–Kier alpha value is -2.97. The first-order chi connectivity index (χ1) is 14.2. The molecule has 8 heteroatoms. The summed E-state index contributed by atoms with van der Waals surface area (Å²) in [4.78, 5) is 22.5. The minimum atomic E-state index is -0.0453. The Balaban J connectivity index is 1.22. The van der Waals surface area contributed by atoms with Crippen molar-refractivity contribution in [1.82, 2.24) is 19.9 Å². The Morgan fingerprint density at radius 2 is 1.97 bits per heavy atom. The van der Waals surface area contributed by atoms with Gasteiger partial charge >= 0.3 is 0 Å². The highest BCUT2D eigenvalue weighted by Gasteiger charge is 2.27. The molecule has 1 saturated heterocycles. The highest BCUT2D eigenvalue weighted by Crippen LogP contribution is 2.26. The minimum absolute atomic E-state index is 0.0453. The van der Waals surface area contributed by atoms with E-state index in [1.54, 1.807) is 11.3 Å². The topological polar surface area (TPSA) is 75.6 Å². The molecule has 1 fully saturated rings. The molecule has 0 N–H and O–H groups in total. The number of piperazine rings is 1. The highest BCUT2D eigenvalue weighted by atomic mass is 32.1. The van der Waals surface area contributed by atoms with Gasteiger partial charge in [0.2, 0.25) is 11.7 Å². The second-order valence-electron chi connectivity index (χ2n) is 7.11. The molecule has 0 atom stereocenters. The summed E-state index contributed by atoms with van der Waals surface area (Å²) in [5, 5.41) is 7.04. The van der Waals surface area contributed by atoms with Crippen LogP contribution in [-0.2, 0) is 6.54 Å². The second kappa shape index (κ2) is 7.46. The molecule has 148 valence electrons. The molecule has 3 aromatic heterocycles. The number of hydrogen-bond donors (Lipinski definition) is 0. The van der Waals surface area contributed by atoms with Crippen LogP contribution in [-0.4, -0.2) is 52.0 Å². The van der Waals surface area contributed by atoms with Gasteiger partial charge in [-0.1, -0.05) is 29.4 Å². The van der Waals surface area contributed by atoms with Crippen molar-refractivity contribution in [2.45, 2.75) is 13.5 Å². The Labute approximate surface area is 171 Å². The minimum Gasteiger partial charge on any atom is -0.451 e. The van der Waals surface area contributed by atoms with Crippen molar-refractivity contribution in [2.75, 3.05) is 26.2 Å². The molecule has 0 unspecified atom stereocenters. The summed E-state index contributed by atoms with van der Waals surface area (Å²) in [5.41, 5.74) is 1.66. The molecule has 4 aromatic rings. The van der Waals surface area contributed by atoms with Crippen molar-refractivity contribution >= 4 is 28.2 Å². The molecular formula is C21H20N4O3S. The van der Waals surface area contributed by atoms with Gasteiger partial charge in [-0.25, -0.2) is 0 Å². The van der Waals surface area contributed by atoms with Gasteiger partial charge < -0.3 is 13.8 Å². The first-order valence-corrected chi connectivity index (χ1v) is 10.4. The van der Waals surface area contributed by atoms with E-state index in [9.17, 15) is 4.79 Å². The first-order valence-electron chi connectivity index (χ1n) is 9.55. The van der Waals surface area contributed by atoms with Crippen molar-refractivity contribution in [2.24, 2.45) is 0 Å². The number of amides is 1. The number of thiophene rings is 1. The molecule has 0 radical (unpaired) electrons. The van der Waals surface area contributed by atoms with Crippen molar-refractivity contribution < 1.29 is 13.7 Å². The first kappa shape index (κ1) is 18.1. The van der Waals surface area contributed by atoms with Gasteiger partial charge in [0.05, 0.1) is 11.4 Å². The maximum absolute atomic E-state index is 13.0. The smallest absolute Gasteiger partial charge is 0.289 e. The fourth-order valence-corrected chi connectivity index (χ4v) is 4.30. The van der Waals surface area contributed by atoms with Crippen molar-refractivity contribution in [3.8, 4) is 10.7 Å². The molecule has 7 nitrogen and oxygen atoms in total. The number of furan rings is 1. The van der Waals surface area contributed by atoms with Crippen LogP contribution in [0.4, 0.5) is 0 Å². The lowest BCUT2D eigenvalue weighted by molar-refractivity contribution is 0.0586. The van der Waals surface area contributed by atoms with E-state index in [4.69, 9.17) is 8.94 Å². The summed E-state index contributed by atoms with van der Waals surface area (Å²) in [7, 11) is 0. The Morgan fingerprint density at radius 1 is 1.14 bits per heavy atom. The van der Waals surface area contributed by atoms with Crippen LogP contribution in [0.5, 0.6) is 0 Å². The monoisotopic (exact) mass is 408 g/mol. The highest BCUT2D eigenvalue weighted by molar-refractivity contribution is 7.13. The van der Waals surface area contributed by atoms with Gasteiger partial charge in [-0.15, -0.1) is 11.3 Å². The summed E-state index contributed by atoms with van der Waals surface area (Å²) in [6, 6.07) is 11.7. The van der Waals surface area contributed by atoms with E-state index in [-0.39, 0.29) is 5.91 Å². The van der Waals surface area contributed by atoms with Crippen molar-refractivity contribution in [3.05, 3.63) is 59.0 Å². The molecule has 5 rings (SSSR count). The fraction of sp³-hybridized carbons (Fsp3) is 0.286. The van der Waals surface area contributed by atoms with Gasteiger partial charge in [0.1, 0.15) is 5.58 Å². The van der Waals surface area contributed by atoms with Crippen LogP contribution < -0.4 is 0 Å². The number of para-hydroxylation sites is 1. The molecule has 1 aromatic carbocycles. The normalized spacial score (nSPS) is 15.3. The van der Waals surface area contributed by atoms with Crippen LogP contribution in [0.25, 0.3) is 21.7 Å². The summed E-state index contributed by atoms with van der Waals surface area (Å²) in [5.74, 6) is 1.62. The zero-order chi connectivity index (χ0) is 19.8. The average molecular weight is 408 g/mol. The summed E-state index contributed by atoms with van der Waals surface area (Å²) in [6.07, 6.45) is 0. The van der Waals surface area contributed by atoms with Gasteiger partial charge in [0.25, 0.3) is 5.91 Å². The fourth-order valence-electron chi connectivity index (χ4n) is 3.65. The molecule has 1 amide bonds. The molecule has 0 bridgehead atoms. The van der Waals surface area contributed by atoms with Crippen LogP contribution in [0, 0.1) is 6.92 Å². The molecule has 0 spiro atoms. The van der Waals surface area contributed by atoms with Crippen LogP contribution in [0.3, 0.4) is 0 Å². The molecule has 0 saturated carbocycles. The van der Waals surface area contributed by atoms with Gasteiger partial charge in [-0.2, -0.15) is 4.98 Å². The van der Waals surface area contributed by atoms with E-state index < -0.39 is 0 Å². The summed E-state index contributed by atoms with van der Waals surface area (Å²) in [6.45, 7) is 5.31. The van der Waals surface area contributed by atoms with Gasteiger partial charge in [-0.3, -0.25) is 9.69 Å². The maximum Gasteiger partial charge on any atom is 0.289 e. The molecule has 0 aliphatic carbocycles. The zero-order valence-electron chi connectivity index (χ0n) is 16.0. The second-order valence-corrected chi connectivity index (χ2v) is 8.06. The van der Waals surface area contributed by atoms with E-state index in [0.717, 1.165) is 34.5 Å². The van der Waals surface area contributed by atoms with Gasteiger partial charge in [0.15, 0.2) is 5.76 Å². The number of nitrogens with zero attached hydrogens (tertiary/aromatic N) is 4. The quantitative estimate of drug-likeness (QED) is 0.511. The third kappa shape index (κ3) is 3.45. The Morgan fingerprint density at radius 3 is 2.72 bits per heavy atom. The number of benzene rings is 1. The lowest BCUT2D eigenvalue weighted by Crippen LogP contribution is -2.48. The van der Waals surface area contributed by atoms with E-state index in [0.29, 0.717) is 37.1 Å². The number of rotatable bonds is 4. The number of hydrogen-bond acceptors (Lipinski definition) is 7. The average Bonchev–Trinajstić information content (AvgIpc) is 3.49. The van der Waals surface area contributed by atoms with Crippen LogP contribution >= 0.6 is 11.3 Å². The lowest BCUT2D eigenvalue weighted by Gasteiger charge is -2.33. The molecular weight excluding hydrogens is 388 g/mol. The maximum atomic E-state index is 13.0. The third-order valence-electron chi connectivity index (χ3n) is 5.27. The number of fused-ring (bicyclic) bond motifs is 1. The molecule has 1 aliphatic rings. The van der Waals surface area contributed by atoms with Gasteiger partial charge in [-0.05, 0) is 24.4 Å². The van der Waals surface area contributed by atoms with Crippen LogP contribution in [0.1, 0.15) is 22.0 Å². The standard InChI is InChI=1S/C21H20N4O3S/c1-14-15-5-2-3-6-16(15)27-19(14)21(26)25-10-8-24(9-11-25)13-18-22-20(23-28-18)17-7-4-12-29-17/h2-7,12H,8-11,13H2,1H3. The molecule has 4 heterocycles.